The molecule has 0 aromatic carbocycles. The van der Waals surface area contributed by atoms with Gasteiger partial charge in [0.1, 0.15) is 0 Å². The summed E-state index contributed by atoms with van der Waals surface area (Å²) in [4.78, 5) is 11.8. The molecule has 2 heteroatoms. The van der Waals surface area contributed by atoms with Crippen LogP contribution in [0.1, 0.15) is 129 Å². The van der Waals surface area contributed by atoms with E-state index in [0.29, 0.717) is 0 Å². The SMILES string of the molecule is CCCCCCCC/C=C/CCCCCCCCC(CCCC)C(=O)OC. The van der Waals surface area contributed by atoms with Crippen molar-refractivity contribution in [2.75, 3.05) is 7.11 Å². The summed E-state index contributed by atoms with van der Waals surface area (Å²) in [6.45, 7) is 4.45. The number of esters is 1. The molecular formula is C25H48O2. The maximum Gasteiger partial charge on any atom is 0.308 e. The van der Waals surface area contributed by atoms with Crippen LogP contribution < -0.4 is 0 Å². The highest BCUT2D eigenvalue weighted by Crippen LogP contribution is 2.19. The fourth-order valence-corrected chi connectivity index (χ4v) is 3.64. The van der Waals surface area contributed by atoms with Crippen molar-refractivity contribution in [3.63, 3.8) is 0 Å². The van der Waals surface area contributed by atoms with Gasteiger partial charge in [0.15, 0.2) is 0 Å². The number of allylic oxidation sites excluding steroid dienone is 2. The maximum atomic E-state index is 11.8. The number of carbonyl (C=O) groups excluding carboxylic acids is 1. The standard InChI is InChI=1S/C25H48O2/c1-4-6-8-9-10-11-12-13-14-15-16-17-18-19-20-21-23-24(22-7-5-2)25(26)27-3/h13-14,24H,4-12,15-23H2,1-3H3/b14-13+. The van der Waals surface area contributed by atoms with E-state index < -0.39 is 0 Å². The van der Waals surface area contributed by atoms with Gasteiger partial charge in [0.2, 0.25) is 0 Å². The number of carbonyl (C=O) groups is 1. The van der Waals surface area contributed by atoms with Gasteiger partial charge in [0.05, 0.1) is 13.0 Å². The van der Waals surface area contributed by atoms with Gasteiger partial charge in [-0.3, -0.25) is 4.79 Å². The first-order chi connectivity index (χ1) is 13.3. The zero-order valence-corrected chi connectivity index (χ0v) is 18.8. The molecule has 0 N–H and O–H groups in total. The van der Waals surface area contributed by atoms with Crippen molar-refractivity contribution in [2.24, 2.45) is 5.92 Å². The zero-order chi connectivity index (χ0) is 20.0. The molecule has 0 aliphatic heterocycles. The highest BCUT2D eigenvalue weighted by Gasteiger charge is 2.17. The largest absolute Gasteiger partial charge is 0.469 e. The van der Waals surface area contributed by atoms with Crippen LogP contribution in [0.5, 0.6) is 0 Å². The van der Waals surface area contributed by atoms with Crippen molar-refractivity contribution < 1.29 is 9.53 Å². The van der Waals surface area contributed by atoms with Crippen LogP contribution in [0.3, 0.4) is 0 Å². The summed E-state index contributed by atoms with van der Waals surface area (Å²) in [5.74, 6) is 0.128. The van der Waals surface area contributed by atoms with Gasteiger partial charge < -0.3 is 4.74 Å². The Labute approximate surface area is 170 Å². The normalized spacial score (nSPS) is 12.6. The Bertz CT molecular complexity index is 335. The summed E-state index contributed by atoms with van der Waals surface area (Å²) in [6.07, 6.45) is 27.7. The molecule has 0 aliphatic rings. The van der Waals surface area contributed by atoms with Crippen LogP contribution in [-0.4, -0.2) is 13.1 Å². The van der Waals surface area contributed by atoms with E-state index in [9.17, 15) is 4.79 Å². The number of hydrogen-bond donors (Lipinski definition) is 0. The summed E-state index contributed by atoms with van der Waals surface area (Å²) < 4.78 is 4.94. The van der Waals surface area contributed by atoms with Crippen LogP contribution in [0.25, 0.3) is 0 Å². The molecule has 0 rings (SSSR count). The molecule has 0 aromatic heterocycles. The molecule has 0 bridgehead atoms. The molecule has 1 unspecified atom stereocenters. The van der Waals surface area contributed by atoms with Crippen LogP contribution in [-0.2, 0) is 9.53 Å². The lowest BCUT2D eigenvalue weighted by Crippen LogP contribution is -2.16. The minimum Gasteiger partial charge on any atom is -0.469 e. The van der Waals surface area contributed by atoms with Crippen LogP contribution in [0.4, 0.5) is 0 Å². The second-order valence-corrected chi connectivity index (χ2v) is 8.09. The molecule has 0 amide bonds. The molecule has 0 radical (unpaired) electrons. The third-order valence-corrected chi connectivity index (χ3v) is 5.51. The Morgan fingerprint density at radius 2 is 1.11 bits per heavy atom. The highest BCUT2D eigenvalue weighted by atomic mass is 16.5. The predicted octanol–water partition coefficient (Wildman–Crippen LogP) is 8.39. The quantitative estimate of drug-likeness (QED) is 0.120. The smallest absolute Gasteiger partial charge is 0.308 e. The highest BCUT2D eigenvalue weighted by molar-refractivity contribution is 5.72. The topological polar surface area (TPSA) is 26.3 Å². The van der Waals surface area contributed by atoms with E-state index in [0.717, 1.165) is 25.7 Å². The van der Waals surface area contributed by atoms with Crippen molar-refractivity contribution in [3.05, 3.63) is 12.2 Å². The molecular weight excluding hydrogens is 332 g/mol. The molecule has 0 fully saturated rings. The van der Waals surface area contributed by atoms with Gasteiger partial charge in [-0.05, 0) is 38.5 Å². The van der Waals surface area contributed by atoms with Gasteiger partial charge in [-0.1, -0.05) is 103 Å². The third kappa shape index (κ3) is 18.3. The van der Waals surface area contributed by atoms with E-state index in [1.807, 2.05) is 0 Å². The molecule has 0 aliphatic carbocycles. The zero-order valence-electron chi connectivity index (χ0n) is 18.8. The number of hydrogen-bond acceptors (Lipinski definition) is 2. The van der Waals surface area contributed by atoms with Crippen LogP contribution in [0.15, 0.2) is 12.2 Å². The van der Waals surface area contributed by atoms with Gasteiger partial charge in [-0.25, -0.2) is 0 Å². The van der Waals surface area contributed by atoms with Gasteiger partial charge in [0, 0.05) is 0 Å². The summed E-state index contributed by atoms with van der Waals surface area (Å²) in [5.41, 5.74) is 0. The number of methoxy groups -OCH3 is 1. The average molecular weight is 381 g/mol. The van der Waals surface area contributed by atoms with Crippen LogP contribution >= 0.6 is 0 Å². The van der Waals surface area contributed by atoms with E-state index in [-0.39, 0.29) is 11.9 Å². The predicted molar refractivity (Wildman–Crippen MR) is 119 cm³/mol. The lowest BCUT2D eigenvalue weighted by atomic mass is 9.95. The van der Waals surface area contributed by atoms with Crippen molar-refractivity contribution in [1.82, 2.24) is 0 Å². The lowest BCUT2D eigenvalue weighted by molar-refractivity contribution is -0.146. The molecule has 0 aromatic rings. The Morgan fingerprint density at radius 1 is 0.667 bits per heavy atom. The first-order valence-corrected chi connectivity index (χ1v) is 12.0. The molecule has 0 saturated carbocycles. The van der Waals surface area contributed by atoms with Crippen molar-refractivity contribution in [2.45, 2.75) is 129 Å². The van der Waals surface area contributed by atoms with Gasteiger partial charge >= 0.3 is 5.97 Å². The Morgan fingerprint density at radius 3 is 1.63 bits per heavy atom. The molecule has 0 heterocycles. The number of unbranched alkanes of at least 4 members (excludes halogenated alkanes) is 13. The fourth-order valence-electron chi connectivity index (χ4n) is 3.64. The van der Waals surface area contributed by atoms with Crippen molar-refractivity contribution in [3.8, 4) is 0 Å². The first kappa shape index (κ1) is 26.2. The number of rotatable bonds is 20. The Hall–Kier alpha value is -0.790. The Kier molecular flexibility index (Phi) is 20.9. The molecule has 0 saturated heterocycles. The van der Waals surface area contributed by atoms with E-state index in [1.165, 1.54) is 97.0 Å². The second-order valence-electron chi connectivity index (χ2n) is 8.09. The monoisotopic (exact) mass is 380 g/mol. The van der Waals surface area contributed by atoms with Gasteiger partial charge in [-0.15, -0.1) is 0 Å². The van der Waals surface area contributed by atoms with Crippen molar-refractivity contribution in [1.29, 1.82) is 0 Å². The molecule has 160 valence electrons. The molecule has 1 atom stereocenters. The van der Waals surface area contributed by atoms with Crippen LogP contribution in [0, 0.1) is 5.92 Å². The summed E-state index contributed by atoms with van der Waals surface area (Å²) in [7, 11) is 1.52. The van der Waals surface area contributed by atoms with Gasteiger partial charge in [-0.2, -0.15) is 0 Å². The average Bonchev–Trinajstić information content (AvgIpc) is 2.69. The second kappa shape index (κ2) is 21.5. The molecule has 27 heavy (non-hydrogen) atoms. The third-order valence-electron chi connectivity index (χ3n) is 5.51. The van der Waals surface area contributed by atoms with E-state index in [2.05, 4.69) is 26.0 Å². The van der Waals surface area contributed by atoms with E-state index in [1.54, 1.807) is 0 Å². The molecule has 0 spiro atoms. The first-order valence-electron chi connectivity index (χ1n) is 12.0. The lowest BCUT2D eigenvalue weighted by Gasteiger charge is -2.13. The minimum atomic E-state index is -0.00352. The fraction of sp³-hybridized carbons (Fsp3) is 0.880. The summed E-state index contributed by atoms with van der Waals surface area (Å²) >= 11 is 0. The van der Waals surface area contributed by atoms with Crippen molar-refractivity contribution >= 4 is 5.97 Å². The van der Waals surface area contributed by atoms with Gasteiger partial charge in [0.25, 0.3) is 0 Å². The van der Waals surface area contributed by atoms with E-state index >= 15 is 0 Å². The Balaban J connectivity index is 3.40. The summed E-state index contributed by atoms with van der Waals surface area (Å²) in [5, 5.41) is 0. The summed E-state index contributed by atoms with van der Waals surface area (Å²) in [6, 6.07) is 0. The molecule has 2 nitrogen and oxygen atoms in total. The number of ether oxygens (including phenoxy) is 1. The van der Waals surface area contributed by atoms with E-state index in [4.69, 9.17) is 4.74 Å². The van der Waals surface area contributed by atoms with Crippen LogP contribution in [0.2, 0.25) is 0 Å². The minimum absolute atomic E-state index is 0.00352. The maximum absolute atomic E-state index is 11.8.